The Kier molecular flexibility index (Phi) is 4.68. The molecule has 3 N–H and O–H groups in total. The van der Waals surface area contributed by atoms with Gasteiger partial charge in [-0.3, -0.25) is 4.79 Å². The van der Waals surface area contributed by atoms with E-state index in [4.69, 9.17) is 34.0 Å². The average Bonchev–Trinajstić information content (AvgIpc) is 2.23. The number of hydrogen-bond acceptors (Lipinski definition) is 5. The first-order valence-corrected chi connectivity index (χ1v) is 5.17. The smallest absolute Gasteiger partial charge is 0.320 e. The highest BCUT2D eigenvalue weighted by Crippen LogP contribution is 2.34. The van der Waals surface area contributed by atoms with Gasteiger partial charge in [0, 0.05) is 0 Å². The first-order valence-electron chi connectivity index (χ1n) is 4.41. The monoisotopic (exact) mass is 278 g/mol. The lowest BCUT2D eigenvalue weighted by Gasteiger charge is -2.09. The van der Waals surface area contributed by atoms with Crippen LogP contribution in [0.5, 0.6) is 5.75 Å². The Labute approximate surface area is 106 Å². The number of aliphatic carboxylic acids is 1. The number of hydrogen-bond donors (Lipinski definition) is 2. The molecule has 1 aromatic rings. The molecule has 0 heterocycles. The largest absolute Gasteiger partial charge is 0.480 e. The summed E-state index contributed by atoms with van der Waals surface area (Å²) in [5.41, 5.74) is 5.88. The van der Waals surface area contributed by atoms with Gasteiger partial charge in [0.2, 0.25) is 0 Å². The molecule has 0 aliphatic heterocycles. The number of benzene rings is 1. The summed E-state index contributed by atoms with van der Waals surface area (Å²) in [6, 6.07) is 1.77. The van der Waals surface area contributed by atoms with Gasteiger partial charge in [-0.2, -0.15) is 0 Å². The van der Waals surface area contributed by atoms with Crippen LogP contribution in [0.1, 0.15) is 5.56 Å². The molecule has 0 aromatic heterocycles. The summed E-state index contributed by atoms with van der Waals surface area (Å²) in [4.78, 5) is 24.8. The summed E-state index contributed by atoms with van der Waals surface area (Å²) in [6.07, 6.45) is 0.0591. The highest BCUT2D eigenvalue weighted by molar-refractivity contribution is 6.37. The molecule has 0 saturated heterocycles. The number of carboxylic acid groups (broad SMARTS) is 1. The van der Waals surface area contributed by atoms with Crippen LogP contribution < -0.4 is 10.6 Å². The minimum absolute atomic E-state index is 0.0591. The second kappa shape index (κ2) is 5.81. The van der Waals surface area contributed by atoms with E-state index in [0.29, 0.717) is 5.56 Å². The van der Waals surface area contributed by atoms with E-state index in [-0.39, 0.29) is 22.2 Å². The lowest BCUT2D eigenvalue weighted by molar-refractivity contribution is -0.138. The number of halogens is 2. The number of carbonyl (C=O) groups is 1. The van der Waals surface area contributed by atoms with Gasteiger partial charge in [-0.15, -0.1) is 4.91 Å². The van der Waals surface area contributed by atoms with E-state index in [2.05, 4.69) is 10.2 Å². The van der Waals surface area contributed by atoms with Crippen molar-refractivity contribution in [3.05, 3.63) is 32.6 Å². The minimum atomic E-state index is -1.13. The Morgan fingerprint density at radius 2 is 2.00 bits per heavy atom. The van der Waals surface area contributed by atoms with Gasteiger partial charge in [0.05, 0.1) is 10.0 Å². The fraction of sp³-hybridized carbons (Fsp3) is 0.222. The third-order valence-corrected chi connectivity index (χ3v) is 2.52. The van der Waals surface area contributed by atoms with Gasteiger partial charge in [0.25, 0.3) is 0 Å². The van der Waals surface area contributed by atoms with Gasteiger partial charge in [0.1, 0.15) is 6.04 Å². The van der Waals surface area contributed by atoms with E-state index in [9.17, 15) is 9.70 Å². The summed E-state index contributed by atoms with van der Waals surface area (Å²) in [5.74, 6) is -1.21. The maximum Gasteiger partial charge on any atom is 0.320 e. The standard InChI is InChI=1S/C9H8Cl2N2O4/c10-5-1-4(3-7(12)9(14)15)2-6(11)8(5)17-13-16/h1-2,7H,3,12H2,(H,14,15)/t7-/m0/s1. The fourth-order valence-corrected chi connectivity index (χ4v) is 1.80. The molecule has 0 spiro atoms. The van der Waals surface area contributed by atoms with Crippen LogP contribution in [0.4, 0.5) is 0 Å². The molecule has 0 saturated carbocycles. The van der Waals surface area contributed by atoms with Crippen molar-refractivity contribution in [2.75, 3.05) is 0 Å². The van der Waals surface area contributed by atoms with Crippen molar-refractivity contribution in [3.63, 3.8) is 0 Å². The van der Waals surface area contributed by atoms with Crippen LogP contribution in [0, 0.1) is 4.91 Å². The zero-order chi connectivity index (χ0) is 13.0. The maximum atomic E-state index is 10.6. The van der Waals surface area contributed by atoms with E-state index in [1.807, 2.05) is 0 Å². The topological polar surface area (TPSA) is 102 Å². The van der Waals surface area contributed by atoms with Crippen molar-refractivity contribution in [2.45, 2.75) is 12.5 Å². The summed E-state index contributed by atoms with van der Waals surface area (Å²) >= 11 is 11.6. The number of carboxylic acids is 1. The van der Waals surface area contributed by atoms with Gasteiger partial charge in [-0.05, 0) is 24.1 Å². The summed E-state index contributed by atoms with van der Waals surface area (Å²) < 4.78 is 0. The second-order valence-electron chi connectivity index (χ2n) is 3.20. The lowest BCUT2D eigenvalue weighted by Crippen LogP contribution is -2.32. The number of nitrogens with two attached hydrogens (primary N) is 1. The normalized spacial score (nSPS) is 11.9. The highest BCUT2D eigenvalue weighted by Gasteiger charge is 2.16. The number of nitrogens with zero attached hydrogens (tertiary/aromatic N) is 1. The lowest BCUT2D eigenvalue weighted by atomic mass is 10.1. The van der Waals surface area contributed by atoms with E-state index >= 15 is 0 Å². The van der Waals surface area contributed by atoms with Crippen molar-refractivity contribution in [2.24, 2.45) is 11.1 Å². The summed E-state index contributed by atoms with van der Waals surface area (Å²) in [7, 11) is 0. The Bertz CT molecular complexity index is 430. The highest BCUT2D eigenvalue weighted by atomic mass is 35.5. The molecule has 17 heavy (non-hydrogen) atoms. The van der Waals surface area contributed by atoms with Gasteiger partial charge in [-0.25, -0.2) is 0 Å². The third kappa shape index (κ3) is 3.55. The maximum absolute atomic E-state index is 10.6. The fourth-order valence-electron chi connectivity index (χ4n) is 1.20. The molecule has 1 rings (SSSR count). The molecule has 0 radical (unpaired) electrons. The van der Waals surface area contributed by atoms with Crippen LogP contribution in [0.2, 0.25) is 10.0 Å². The van der Waals surface area contributed by atoms with Crippen molar-refractivity contribution < 1.29 is 14.7 Å². The van der Waals surface area contributed by atoms with Crippen LogP contribution in [0.3, 0.4) is 0 Å². The van der Waals surface area contributed by atoms with Crippen LogP contribution in [-0.2, 0) is 11.2 Å². The molecule has 0 fully saturated rings. The Morgan fingerprint density at radius 1 is 1.47 bits per heavy atom. The van der Waals surface area contributed by atoms with Crippen molar-refractivity contribution in [1.29, 1.82) is 0 Å². The molecule has 0 amide bonds. The van der Waals surface area contributed by atoms with Crippen LogP contribution in [0.25, 0.3) is 0 Å². The van der Waals surface area contributed by atoms with Gasteiger partial charge >= 0.3 is 5.97 Å². The second-order valence-corrected chi connectivity index (χ2v) is 4.02. The predicted molar refractivity (Wildman–Crippen MR) is 62.2 cm³/mol. The zero-order valence-corrected chi connectivity index (χ0v) is 9.90. The zero-order valence-electron chi connectivity index (χ0n) is 8.39. The van der Waals surface area contributed by atoms with Gasteiger partial charge in [-0.1, -0.05) is 23.2 Å². The Morgan fingerprint density at radius 3 is 2.41 bits per heavy atom. The molecule has 1 aromatic carbocycles. The van der Waals surface area contributed by atoms with Crippen LogP contribution in [-0.4, -0.2) is 17.1 Å². The Hall–Kier alpha value is -1.37. The van der Waals surface area contributed by atoms with Crippen molar-refractivity contribution in [1.82, 2.24) is 0 Å². The number of rotatable bonds is 5. The molecule has 0 aliphatic rings. The van der Waals surface area contributed by atoms with Gasteiger partial charge < -0.3 is 15.7 Å². The summed E-state index contributed by atoms with van der Waals surface area (Å²) in [6.45, 7) is 0. The molecular weight excluding hydrogens is 271 g/mol. The van der Waals surface area contributed by atoms with E-state index in [1.54, 1.807) is 0 Å². The van der Waals surface area contributed by atoms with E-state index < -0.39 is 12.0 Å². The molecule has 0 unspecified atom stereocenters. The van der Waals surface area contributed by atoms with Gasteiger partial charge in [0.15, 0.2) is 11.1 Å². The van der Waals surface area contributed by atoms with Crippen molar-refractivity contribution in [3.8, 4) is 5.75 Å². The van der Waals surface area contributed by atoms with Crippen molar-refractivity contribution >= 4 is 29.2 Å². The van der Waals surface area contributed by atoms with E-state index in [0.717, 1.165) is 0 Å². The Balaban J connectivity index is 2.97. The molecule has 6 nitrogen and oxygen atoms in total. The summed E-state index contributed by atoms with van der Waals surface area (Å²) in [5, 5.41) is 11.0. The third-order valence-electron chi connectivity index (χ3n) is 1.96. The average molecular weight is 279 g/mol. The molecule has 0 bridgehead atoms. The molecular formula is C9H8Cl2N2O4. The first-order chi connectivity index (χ1) is 7.95. The molecule has 0 aliphatic carbocycles. The SMILES string of the molecule is N[C@@H](Cc1cc(Cl)c(ON=O)c(Cl)c1)C(=O)O. The van der Waals surface area contributed by atoms with Crippen LogP contribution in [0.15, 0.2) is 17.5 Å². The predicted octanol–water partition coefficient (Wildman–Crippen LogP) is 2.01. The minimum Gasteiger partial charge on any atom is -0.480 e. The molecule has 92 valence electrons. The molecule has 1 atom stereocenters. The first kappa shape index (κ1) is 13.7. The quantitative estimate of drug-likeness (QED) is 0.634. The van der Waals surface area contributed by atoms with E-state index in [1.165, 1.54) is 12.1 Å². The van der Waals surface area contributed by atoms with Crippen LogP contribution >= 0.6 is 23.2 Å². The molecule has 8 heteroatoms.